The second-order valence-corrected chi connectivity index (χ2v) is 5.17. The van der Waals surface area contributed by atoms with Crippen molar-refractivity contribution >= 4 is 21.8 Å². The van der Waals surface area contributed by atoms with Crippen LogP contribution in [0.3, 0.4) is 0 Å². The lowest BCUT2D eigenvalue weighted by atomic mass is 10.1. The number of aromatic nitrogens is 1. The zero-order chi connectivity index (χ0) is 13.0. The maximum Gasteiger partial charge on any atom is 0.276 e. The van der Waals surface area contributed by atoms with Gasteiger partial charge in [0.2, 0.25) is 0 Å². The summed E-state index contributed by atoms with van der Waals surface area (Å²) in [5.74, 6) is 0.611. The Kier molecular flexibility index (Phi) is 4.77. The summed E-state index contributed by atoms with van der Waals surface area (Å²) in [6, 6.07) is 1.68. The fraction of sp³-hybridized carbons (Fsp3) is 0.667. The number of alkyl halides is 1. The van der Waals surface area contributed by atoms with E-state index in [2.05, 4.69) is 21.1 Å². The molecule has 1 aromatic rings. The average Bonchev–Trinajstić information content (AvgIpc) is 2.83. The first-order chi connectivity index (χ1) is 8.70. The second-order valence-electron chi connectivity index (χ2n) is 4.37. The Morgan fingerprint density at radius 1 is 1.61 bits per heavy atom. The third-order valence-corrected chi connectivity index (χ3v) is 3.33. The zero-order valence-electron chi connectivity index (χ0n) is 10.4. The van der Waals surface area contributed by atoms with E-state index < -0.39 is 0 Å². The third-order valence-electron chi connectivity index (χ3n) is 3.01. The van der Waals surface area contributed by atoms with Crippen molar-refractivity contribution in [2.45, 2.75) is 25.9 Å². The van der Waals surface area contributed by atoms with Crippen molar-refractivity contribution in [3.05, 3.63) is 17.5 Å². The van der Waals surface area contributed by atoms with E-state index in [1.54, 1.807) is 13.0 Å². The molecule has 1 aliphatic rings. The maximum absolute atomic E-state index is 12.1. The smallest absolute Gasteiger partial charge is 0.276 e. The number of nitrogens with zero attached hydrogens (tertiary/aromatic N) is 2. The number of hydrogen-bond acceptors (Lipinski definition) is 4. The number of aryl methyl sites for hydroxylation is 1. The number of ether oxygens (including phenoxy) is 1. The molecule has 2 rings (SSSR count). The Morgan fingerprint density at radius 3 is 2.89 bits per heavy atom. The molecule has 1 aromatic heterocycles. The molecule has 1 fully saturated rings. The predicted molar refractivity (Wildman–Crippen MR) is 69.9 cm³/mol. The molecule has 6 heteroatoms. The van der Waals surface area contributed by atoms with Crippen molar-refractivity contribution in [1.29, 1.82) is 0 Å². The normalized spacial score (nSPS) is 17.1. The highest BCUT2D eigenvalue weighted by Gasteiger charge is 2.25. The summed E-state index contributed by atoms with van der Waals surface area (Å²) in [5.41, 5.74) is 0.396. The Balaban J connectivity index is 1.84. The molecule has 0 N–H and O–H groups in total. The quantitative estimate of drug-likeness (QED) is 0.797. The number of amides is 1. The predicted octanol–water partition coefficient (Wildman–Crippen LogP) is 2.00. The van der Waals surface area contributed by atoms with Crippen LogP contribution in [0.5, 0.6) is 0 Å². The van der Waals surface area contributed by atoms with Crippen molar-refractivity contribution in [2.24, 2.45) is 0 Å². The second kappa shape index (κ2) is 6.33. The molecular formula is C12H17BrN2O3. The van der Waals surface area contributed by atoms with E-state index in [1.165, 1.54) is 0 Å². The van der Waals surface area contributed by atoms with Crippen LogP contribution >= 0.6 is 15.9 Å². The fourth-order valence-corrected chi connectivity index (χ4v) is 2.25. The highest BCUT2D eigenvalue weighted by Crippen LogP contribution is 2.16. The van der Waals surface area contributed by atoms with Gasteiger partial charge in [0.05, 0.1) is 12.7 Å². The number of hydrogen-bond donors (Lipinski definition) is 0. The minimum absolute atomic E-state index is 0.0502. The van der Waals surface area contributed by atoms with E-state index in [0.29, 0.717) is 11.5 Å². The summed E-state index contributed by atoms with van der Waals surface area (Å²) in [6.07, 6.45) is 2.04. The lowest BCUT2D eigenvalue weighted by molar-refractivity contribution is 0.0157. The first-order valence-corrected chi connectivity index (χ1v) is 7.23. The van der Waals surface area contributed by atoms with E-state index in [1.807, 2.05) is 4.90 Å². The van der Waals surface area contributed by atoms with E-state index in [4.69, 9.17) is 9.26 Å². The minimum Gasteiger partial charge on any atom is -0.377 e. The van der Waals surface area contributed by atoms with Crippen LogP contribution in [0, 0.1) is 6.92 Å². The largest absolute Gasteiger partial charge is 0.377 e. The monoisotopic (exact) mass is 316 g/mol. The number of carbonyl (C=O) groups excluding carboxylic acids is 1. The van der Waals surface area contributed by atoms with Gasteiger partial charge in [0.1, 0.15) is 5.76 Å². The van der Waals surface area contributed by atoms with Gasteiger partial charge in [-0.15, -0.1) is 0 Å². The summed E-state index contributed by atoms with van der Waals surface area (Å²) >= 11 is 3.34. The Morgan fingerprint density at radius 2 is 2.33 bits per heavy atom. The SMILES string of the molecule is Cc1cc(C(=O)N2CCC(OCCBr)CC2)no1. The Labute approximate surface area is 115 Å². The lowest BCUT2D eigenvalue weighted by Crippen LogP contribution is -2.41. The number of halogens is 1. The molecular weight excluding hydrogens is 300 g/mol. The molecule has 18 heavy (non-hydrogen) atoms. The molecule has 2 heterocycles. The topological polar surface area (TPSA) is 55.6 Å². The molecule has 0 unspecified atom stereocenters. The van der Waals surface area contributed by atoms with Gasteiger partial charge in [-0.25, -0.2) is 0 Å². The van der Waals surface area contributed by atoms with Crippen LogP contribution in [0.1, 0.15) is 29.1 Å². The fourth-order valence-electron chi connectivity index (χ4n) is 2.07. The minimum atomic E-state index is -0.0502. The molecule has 5 nitrogen and oxygen atoms in total. The first-order valence-electron chi connectivity index (χ1n) is 6.11. The van der Waals surface area contributed by atoms with Crippen molar-refractivity contribution in [3.63, 3.8) is 0 Å². The van der Waals surface area contributed by atoms with Gasteiger partial charge >= 0.3 is 0 Å². The van der Waals surface area contributed by atoms with Gasteiger partial charge < -0.3 is 14.2 Å². The standard InChI is InChI=1S/C12H17BrN2O3/c1-9-8-11(14-18-9)12(16)15-5-2-10(3-6-15)17-7-4-13/h8,10H,2-7H2,1H3. The number of likely N-dealkylation sites (tertiary alicyclic amines) is 1. The first kappa shape index (κ1) is 13.5. The molecule has 1 amide bonds. The Hall–Kier alpha value is -0.880. The molecule has 0 aliphatic carbocycles. The summed E-state index contributed by atoms with van der Waals surface area (Å²) in [5, 5.41) is 4.61. The number of rotatable bonds is 4. The van der Waals surface area contributed by atoms with Crippen LogP contribution in [0.15, 0.2) is 10.6 Å². The van der Waals surface area contributed by atoms with Gasteiger partial charge in [-0.2, -0.15) is 0 Å². The van der Waals surface area contributed by atoms with Crippen LogP contribution in [0.4, 0.5) is 0 Å². The summed E-state index contributed by atoms with van der Waals surface area (Å²) in [6.45, 7) is 3.95. The van der Waals surface area contributed by atoms with Gasteiger partial charge in [0, 0.05) is 24.5 Å². The summed E-state index contributed by atoms with van der Waals surface area (Å²) < 4.78 is 10.6. The molecule has 0 aromatic carbocycles. The molecule has 0 bridgehead atoms. The van der Waals surface area contributed by atoms with Gasteiger partial charge in [0.15, 0.2) is 5.69 Å². The van der Waals surface area contributed by atoms with Crippen molar-refractivity contribution < 1.29 is 14.1 Å². The molecule has 0 atom stereocenters. The van der Waals surface area contributed by atoms with Crippen LogP contribution in [-0.2, 0) is 4.74 Å². The van der Waals surface area contributed by atoms with Crippen LogP contribution in [0.25, 0.3) is 0 Å². The summed E-state index contributed by atoms with van der Waals surface area (Å²) in [4.78, 5) is 13.9. The number of carbonyl (C=O) groups is 1. The molecule has 100 valence electrons. The summed E-state index contributed by atoms with van der Waals surface area (Å²) in [7, 11) is 0. The van der Waals surface area contributed by atoms with Gasteiger partial charge in [0.25, 0.3) is 5.91 Å². The average molecular weight is 317 g/mol. The van der Waals surface area contributed by atoms with Crippen molar-refractivity contribution in [2.75, 3.05) is 25.0 Å². The van der Waals surface area contributed by atoms with E-state index in [-0.39, 0.29) is 12.0 Å². The van der Waals surface area contributed by atoms with E-state index >= 15 is 0 Å². The van der Waals surface area contributed by atoms with Crippen LogP contribution in [-0.4, -0.2) is 47.1 Å². The van der Waals surface area contributed by atoms with Gasteiger partial charge in [-0.05, 0) is 19.8 Å². The molecule has 0 spiro atoms. The van der Waals surface area contributed by atoms with Crippen molar-refractivity contribution in [1.82, 2.24) is 10.1 Å². The van der Waals surface area contributed by atoms with Crippen LogP contribution < -0.4 is 0 Å². The molecule has 0 radical (unpaired) electrons. The molecule has 1 aliphatic heterocycles. The van der Waals surface area contributed by atoms with Crippen molar-refractivity contribution in [3.8, 4) is 0 Å². The highest BCUT2D eigenvalue weighted by atomic mass is 79.9. The Bertz CT molecular complexity index is 400. The van der Waals surface area contributed by atoms with E-state index in [0.717, 1.165) is 37.9 Å². The maximum atomic E-state index is 12.1. The molecule has 0 saturated carbocycles. The lowest BCUT2D eigenvalue weighted by Gasteiger charge is -2.31. The highest BCUT2D eigenvalue weighted by molar-refractivity contribution is 9.09. The van der Waals surface area contributed by atoms with E-state index in [9.17, 15) is 4.79 Å². The third kappa shape index (κ3) is 3.32. The van der Waals surface area contributed by atoms with Gasteiger partial charge in [-0.1, -0.05) is 21.1 Å². The number of piperidine rings is 1. The molecule has 1 saturated heterocycles. The van der Waals surface area contributed by atoms with Gasteiger partial charge in [-0.3, -0.25) is 4.79 Å². The zero-order valence-corrected chi connectivity index (χ0v) is 12.0. The van der Waals surface area contributed by atoms with Crippen LogP contribution in [0.2, 0.25) is 0 Å².